The van der Waals surface area contributed by atoms with Crippen molar-refractivity contribution in [1.29, 1.82) is 0 Å². The molecule has 1 N–H and O–H groups in total. The number of thiophene rings is 1. The molecule has 0 aromatic carbocycles. The van der Waals surface area contributed by atoms with Crippen LogP contribution in [0.1, 0.15) is 5.56 Å². The Kier molecular flexibility index (Phi) is 4.57. The van der Waals surface area contributed by atoms with Gasteiger partial charge in [0, 0.05) is 12.8 Å². The smallest absolute Gasteiger partial charge is 0.148 e. The first-order valence-corrected chi connectivity index (χ1v) is 7.48. The lowest BCUT2D eigenvalue weighted by atomic mass is 10.2. The third-order valence-corrected chi connectivity index (χ3v) is 3.50. The Morgan fingerprint density at radius 1 is 1.43 bits per heavy atom. The third-order valence-electron chi connectivity index (χ3n) is 1.82. The summed E-state index contributed by atoms with van der Waals surface area (Å²) in [5, 5.41) is 7.26. The van der Waals surface area contributed by atoms with Crippen molar-refractivity contribution in [1.82, 2.24) is 5.32 Å². The van der Waals surface area contributed by atoms with E-state index in [2.05, 4.69) is 16.8 Å². The van der Waals surface area contributed by atoms with Crippen LogP contribution in [0.4, 0.5) is 0 Å². The molecule has 0 atom stereocenters. The van der Waals surface area contributed by atoms with Gasteiger partial charge < -0.3 is 5.32 Å². The van der Waals surface area contributed by atoms with Gasteiger partial charge in [0.1, 0.15) is 9.84 Å². The zero-order valence-electron chi connectivity index (χ0n) is 8.19. The lowest BCUT2D eigenvalue weighted by Crippen LogP contribution is -2.24. The normalized spacial score (nSPS) is 11.8. The summed E-state index contributed by atoms with van der Waals surface area (Å²) in [7, 11) is -2.82. The first-order valence-electron chi connectivity index (χ1n) is 4.47. The van der Waals surface area contributed by atoms with Crippen LogP contribution in [0.25, 0.3) is 0 Å². The van der Waals surface area contributed by atoms with Gasteiger partial charge in [-0.25, -0.2) is 8.42 Å². The minimum Gasteiger partial charge on any atom is -0.315 e. The first kappa shape index (κ1) is 11.7. The lowest BCUT2D eigenvalue weighted by Gasteiger charge is -2.02. The van der Waals surface area contributed by atoms with E-state index >= 15 is 0 Å². The van der Waals surface area contributed by atoms with Crippen LogP contribution in [0.5, 0.6) is 0 Å². The summed E-state index contributed by atoms with van der Waals surface area (Å²) in [4.78, 5) is 0. The maximum absolute atomic E-state index is 10.8. The zero-order valence-corrected chi connectivity index (χ0v) is 9.83. The molecule has 0 saturated heterocycles. The molecule has 0 saturated carbocycles. The number of hydrogen-bond donors (Lipinski definition) is 1. The Morgan fingerprint density at radius 3 is 2.79 bits per heavy atom. The molecular formula is C9H15NO2S2. The summed E-state index contributed by atoms with van der Waals surface area (Å²) in [6.07, 6.45) is 2.22. The van der Waals surface area contributed by atoms with Gasteiger partial charge in [0.2, 0.25) is 0 Å². The predicted octanol–water partition coefficient (Wildman–Crippen LogP) is 0.925. The van der Waals surface area contributed by atoms with Gasteiger partial charge in [-0.15, -0.1) is 0 Å². The molecule has 3 nitrogen and oxygen atoms in total. The van der Waals surface area contributed by atoms with Gasteiger partial charge >= 0.3 is 0 Å². The minimum atomic E-state index is -2.82. The highest BCUT2D eigenvalue weighted by atomic mass is 32.2. The lowest BCUT2D eigenvalue weighted by molar-refractivity contribution is 0.596. The predicted molar refractivity (Wildman–Crippen MR) is 60.6 cm³/mol. The van der Waals surface area contributed by atoms with Crippen LogP contribution in [0.3, 0.4) is 0 Å². The fourth-order valence-corrected chi connectivity index (χ4v) is 2.27. The molecule has 0 fully saturated rings. The SMILES string of the molecule is CS(=O)(=O)CCNCCc1ccsc1. The second kappa shape index (κ2) is 5.48. The molecule has 5 heteroatoms. The summed E-state index contributed by atoms with van der Waals surface area (Å²) in [5.41, 5.74) is 1.31. The van der Waals surface area contributed by atoms with Gasteiger partial charge in [0.25, 0.3) is 0 Å². The second-order valence-electron chi connectivity index (χ2n) is 3.26. The van der Waals surface area contributed by atoms with Gasteiger partial charge in [0.05, 0.1) is 5.75 Å². The number of rotatable bonds is 6. The van der Waals surface area contributed by atoms with Crippen molar-refractivity contribution in [2.45, 2.75) is 6.42 Å². The van der Waals surface area contributed by atoms with Gasteiger partial charge in [-0.1, -0.05) is 0 Å². The van der Waals surface area contributed by atoms with Crippen molar-refractivity contribution in [3.05, 3.63) is 22.4 Å². The molecule has 0 aliphatic carbocycles. The summed E-state index contributed by atoms with van der Waals surface area (Å²) in [6, 6.07) is 2.09. The molecule has 0 radical (unpaired) electrons. The van der Waals surface area contributed by atoms with E-state index in [0.717, 1.165) is 13.0 Å². The largest absolute Gasteiger partial charge is 0.315 e. The van der Waals surface area contributed by atoms with E-state index < -0.39 is 9.84 Å². The topological polar surface area (TPSA) is 46.2 Å². The Labute approximate surface area is 89.1 Å². The van der Waals surface area contributed by atoms with Crippen molar-refractivity contribution < 1.29 is 8.42 Å². The second-order valence-corrected chi connectivity index (χ2v) is 6.30. The Balaban J connectivity index is 2.06. The molecule has 0 spiro atoms. The maximum atomic E-state index is 10.8. The van der Waals surface area contributed by atoms with Crippen molar-refractivity contribution in [3.8, 4) is 0 Å². The highest BCUT2D eigenvalue weighted by Gasteiger charge is 2.00. The molecule has 0 amide bonds. The summed E-state index contributed by atoms with van der Waals surface area (Å²) >= 11 is 1.68. The highest BCUT2D eigenvalue weighted by molar-refractivity contribution is 7.90. The number of hydrogen-bond acceptors (Lipinski definition) is 4. The van der Waals surface area contributed by atoms with Crippen LogP contribution in [-0.2, 0) is 16.3 Å². The van der Waals surface area contributed by atoms with Gasteiger partial charge in [0.15, 0.2) is 0 Å². The van der Waals surface area contributed by atoms with Gasteiger partial charge in [-0.05, 0) is 35.4 Å². The molecule has 0 bridgehead atoms. The van der Waals surface area contributed by atoms with Crippen LogP contribution >= 0.6 is 11.3 Å². The molecule has 1 aromatic rings. The fraction of sp³-hybridized carbons (Fsp3) is 0.556. The average molecular weight is 233 g/mol. The Hall–Kier alpha value is -0.390. The van der Waals surface area contributed by atoms with E-state index in [4.69, 9.17) is 0 Å². The number of sulfone groups is 1. The molecule has 1 aromatic heterocycles. The quantitative estimate of drug-likeness (QED) is 0.743. The molecule has 0 unspecified atom stereocenters. The molecule has 80 valence electrons. The molecule has 14 heavy (non-hydrogen) atoms. The molecule has 1 heterocycles. The standard InChI is InChI=1S/C9H15NO2S2/c1-14(11,12)7-5-10-4-2-9-3-6-13-8-9/h3,6,8,10H,2,4-5,7H2,1H3. The average Bonchev–Trinajstić information content (AvgIpc) is 2.54. The van der Waals surface area contributed by atoms with Crippen molar-refractivity contribution in [2.24, 2.45) is 0 Å². The van der Waals surface area contributed by atoms with Crippen LogP contribution in [0.2, 0.25) is 0 Å². The van der Waals surface area contributed by atoms with Crippen molar-refractivity contribution in [3.63, 3.8) is 0 Å². The zero-order chi connectivity index (χ0) is 10.4. The fourth-order valence-electron chi connectivity index (χ4n) is 1.05. The minimum absolute atomic E-state index is 0.219. The van der Waals surface area contributed by atoms with E-state index in [1.54, 1.807) is 11.3 Å². The molecule has 1 rings (SSSR count). The Bertz CT molecular complexity index is 343. The molecule has 0 aliphatic rings. The maximum Gasteiger partial charge on any atom is 0.148 e. The Morgan fingerprint density at radius 2 is 2.21 bits per heavy atom. The van der Waals surface area contributed by atoms with Crippen LogP contribution < -0.4 is 5.32 Å². The van der Waals surface area contributed by atoms with E-state index in [0.29, 0.717) is 6.54 Å². The van der Waals surface area contributed by atoms with Crippen LogP contribution in [0.15, 0.2) is 16.8 Å². The van der Waals surface area contributed by atoms with Gasteiger partial charge in [-0.2, -0.15) is 11.3 Å². The van der Waals surface area contributed by atoms with E-state index in [1.807, 2.05) is 5.38 Å². The monoisotopic (exact) mass is 233 g/mol. The van der Waals surface area contributed by atoms with E-state index in [1.165, 1.54) is 11.8 Å². The van der Waals surface area contributed by atoms with Gasteiger partial charge in [-0.3, -0.25) is 0 Å². The molecular weight excluding hydrogens is 218 g/mol. The number of nitrogens with one attached hydrogen (secondary N) is 1. The third kappa shape index (κ3) is 5.36. The van der Waals surface area contributed by atoms with E-state index in [-0.39, 0.29) is 5.75 Å². The van der Waals surface area contributed by atoms with Crippen molar-refractivity contribution >= 4 is 21.2 Å². The van der Waals surface area contributed by atoms with Crippen LogP contribution in [-0.4, -0.2) is 33.5 Å². The first-order chi connectivity index (χ1) is 6.58. The van der Waals surface area contributed by atoms with E-state index in [9.17, 15) is 8.42 Å². The molecule has 0 aliphatic heterocycles. The van der Waals surface area contributed by atoms with Crippen molar-refractivity contribution in [2.75, 3.05) is 25.1 Å². The summed E-state index contributed by atoms with van der Waals surface area (Å²) in [5.74, 6) is 0.219. The summed E-state index contributed by atoms with van der Waals surface area (Å²) < 4.78 is 21.6. The highest BCUT2D eigenvalue weighted by Crippen LogP contribution is 2.05. The summed E-state index contributed by atoms with van der Waals surface area (Å²) in [6.45, 7) is 1.38. The van der Waals surface area contributed by atoms with Crippen LogP contribution in [0, 0.1) is 0 Å².